The van der Waals surface area contributed by atoms with E-state index in [9.17, 15) is 0 Å². The van der Waals surface area contributed by atoms with E-state index in [0.717, 1.165) is 12.3 Å². The highest BCUT2D eigenvalue weighted by atomic mass is 16.5. The predicted molar refractivity (Wildman–Crippen MR) is 77.1 cm³/mol. The Kier molecular flexibility index (Phi) is 5.74. The molecular formula is C16H23NO. The first-order valence-electron chi connectivity index (χ1n) is 6.46. The summed E-state index contributed by atoms with van der Waals surface area (Å²) in [4.78, 5) is 0. The van der Waals surface area contributed by atoms with Gasteiger partial charge in [-0.1, -0.05) is 31.9 Å². The second-order valence-corrected chi connectivity index (χ2v) is 4.96. The molecule has 98 valence electrons. The lowest BCUT2D eigenvalue weighted by molar-refractivity contribution is 0.216. The molecule has 18 heavy (non-hydrogen) atoms. The molecule has 0 aromatic heterocycles. The van der Waals surface area contributed by atoms with Crippen LogP contribution in [0.3, 0.4) is 0 Å². The monoisotopic (exact) mass is 245 g/mol. The van der Waals surface area contributed by atoms with E-state index in [4.69, 9.17) is 11.2 Å². The molecule has 0 heterocycles. The fraction of sp³-hybridized carbons (Fsp3) is 0.500. The van der Waals surface area contributed by atoms with Crippen molar-refractivity contribution in [2.45, 2.75) is 39.7 Å². The van der Waals surface area contributed by atoms with Crippen molar-refractivity contribution < 1.29 is 4.74 Å². The Labute approximate surface area is 111 Å². The summed E-state index contributed by atoms with van der Waals surface area (Å²) in [6.45, 7) is 9.83. The van der Waals surface area contributed by atoms with Gasteiger partial charge in [-0.3, -0.25) is 0 Å². The third-order valence-corrected chi connectivity index (χ3v) is 2.78. The Morgan fingerprint density at radius 1 is 1.33 bits per heavy atom. The largest absolute Gasteiger partial charge is 0.489 e. The van der Waals surface area contributed by atoms with Gasteiger partial charge in [0, 0.05) is 6.54 Å². The molecule has 0 radical (unpaired) electrons. The van der Waals surface area contributed by atoms with Gasteiger partial charge in [0.15, 0.2) is 0 Å². The molecule has 1 aromatic carbocycles. The topological polar surface area (TPSA) is 21.3 Å². The number of aryl methyl sites for hydroxylation is 1. The maximum atomic E-state index is 6.00. The lowest BCUT2D eigenvalue weighted by Crippen LogP contribution is -2.29. The molecule has 1 atom stereocenters. The van der Waals surface area contributed by atoms with E-state index in [-0.39, 0.29) is 6.10 Å². The second kappa shape index (κ2) is 7.08. The van der Waals surface area contributed by atoms with Crippen molar-refractivity contribution >= 4 is 0 Å². The molecule has 0 fully saturated rings. The van der Waals surface area contributed by atoms with Crippen molar-refractivity contribution in [1.29, 1.82) is 0 Å². The molecule has 1 unspecified atom stereocenters. The maximum Gasteiger partial charge on any atom is 0.123 e. The van der Waals surface area contributed by atoms with Crippen LogP contribution in [0.15, 0.2) is 18.2 Å². The van der Waals surface area contributed by atoms with E-state index >= 15 is 0 Å². The van der Waals surface area contributed by atoms with Gasteiger partial charge in [-0.25, -0.2) is 0 Å². The van der Waals surface area contributed by atoms with E-state index in [1.807, 2.05) is 0 Å². The molecule has 1 N–H and O–H groups in total. The highest BCUT2D eigenvalue weighted by molar-refractivity contribution is 5.39. The number of hydrogen-bond donors (Lipinski definition) is 1. The fourth-order valence-electron chi connectivity index (χ4n) is 1.83. The molecule has 2 nitrogen and oxygen atoms in total. The van der Waals surface area contributed by atoms with Crippen molar-refractivity contribution in [3.8, 4) is 18.1 Å². The molecule has 0 aliphatic heterocycles. The SMILES string of the molecule is C#CCNCC(C)Oc1cc(C)ccc1C(C)C. The standard InChI is InChI=1S/C16H23NO/c1-6-9-17-11-14(5)18-16-10-13(4)7-8-15(16)12(2)3/h1,7-8,10,12,14,17H,9,11H2,2-5H3. The zero-order chi connectivity index (χ0) is 13.5. The Morgan fingerprint density at radius 2 is 2.06 bits per heavy atom. The first-order valence-corrected chi connectivity index (χ1v) is 6.46. The van der Waals surface area contributed by atoms with Gasteiger partial charge in [-0.15, -0.1) is 6.42 Å². The molecule has 1 rings (SSSR count). The minimum atomic E-state index is 0.109. The van der Waals surface area contributed by atoms with Gasteiger partial charge in [0.2, 0.25) is 0 Å². The summed E-state index contributed by atoms with van der Waals surface area (Å²) in [6.07, 6.45) is 5.31. The van der Waals surface area contributed by atoms with E-state index in [0.29, 0.717) is 12.5 Å². The maximum absolute atomic E-state index is 6.00. The van der Waals surface area contributed by atoms with Gasteiger partial charge < -0.3 is 10.1 Å². The normalized spacial score (nSPS) is 12.2. The number of terminal acetylenes is 1. The smallest absolute Gasteiger partial charge is 0.123 e. The van der Waals surface area contributed by atoms with Crippen molar-refractivity contribution in [3.05, 3.63) is 29.3 Å². The molecule has 0 bridgehead atoms. The summed E-state index contributed by atoms with van der Waals surface area (Å²) in [5.41, 5.74) is 2.47. The Morgan fingerprint density at radius 3 is 2.67 bits per heavy atom. The molecular weight excluding hydrogens is 222 g/mol. The third-order valence-electron chi connectivity index (χ3n) is 2.78. The predicted octanol–water partition coefficient (Wildman–Crippen LogP) is 3.11. The van der Waals surface area contributed by atoms with Crippen LogP contribution in [0.2, 0.25) is 0 Å². The van der Waals surface area contributed by atoms with Crippen molar-refractivity contribution in [2.24, 2.45) is 0 Å². The van der Waals surface area contributed by atoms with Crippen LogP contribution in [-0.2, 0) is 0 Å². The highest BCUT2D eigenvalue weighted by Gasteiger charge is 2.11. The third kappa shape index (κ3) is 4.43. The van der Waals surface area contributed by atoms with Gasteiger partial charge in [0.05, 0.1) is 6.54 Å². The minimum Gasteiger partial charge on any atom is -0.489 e. The molecule has 0 saturated carbocycles. The number of nitrogens with one attached hydrogen (secondary N) is 1. The Hall–Kier alpha value is -1.46. The zero-order valence-corrected chi connectivity index (χ0v) is 11.8. The number of rotatable bonds is 6. The molecule has 0 amide bonds. The summed E-state index contributed by atoms with van der Waals surface area (Å²) in [7, 11) is 0. The van der Waals surface area contributed by atoms with Gasteiger partial charge in [0.1, 0.15) is 11.9 Å². The molecule has 1 aromatic rings. The van der Waals surface area contributed by atoms with Crippen LogP contribution in [-0.4, -0.2) is 19.2 Å². The molecule has 0 aliphatic carbocycles. The number of ether oxygens (including phenoxy) is 1. The van der Waals surface area contributed by atoms with Crippen LogP contribution in [0.25, 0.3) is 0 Å². The lowest BCUT2D eigenvalue weighted by Gasteiger charge is -2.19. The Balaban J connectivity index is 2.70. The van der Waals surface area contributed by atoms with E-state index in [2.05, 4.69) is 57.1 Å². The number of hydrogen-bond acceptors (Lipinski definition) is 2. The summed E-state index contributed by atoms with van der Waals surface area (Å²) in [5, 5.41) is 3.16. The van der Waals surface area contributed by atoms with Crippen LogP contribution in [0.1, 0.15) is 37.8 Å². The van der Waals surface area contributed by atoms with Gasteiger partial charge in [-0.2, -0.15) is 0 Å². The van der Waals surface area contributed by atoms with Crippen molar-refractivity contribution in [1.82, 2.24) is 5.32 Å². The van der Waals surface area contributed by atoms with Gasteiger partial charge in [-0.05, 0) is 37.0 Å². The molecule has 0 aliphatic rings. The lowest BCUT2D eigenvalue weighted by atomic mass is 10.0. The molecule has 2 heteroatoms. The average Bonchev–Trinajstić information content (AvgIpc) is 2.29. The van der Waals surface area contributed by atoms with Crippen LogP contribution in [0.5, 0.6) is 5.75 Å². The summed E-state index contributed by atoms with van der Waals surface area (Å²) < 4.78 is 6.00. The van der Waals surface area contributed by atoms with Crippen LogP contribution in [0, 0.1) is 19.3 Å². The summed E-state index contributed by atoms with van der Waals surface area (Å²) in [6, 6.07) is 6.38. The first kappa shape index (κ1) is 14.6. The van der Waals surface area contributed by atoms with Gasteiger partial charge >= 0.3 is 0 Å². The highest BCUT2D eigenvalue weighted by Crippen LogP contribution is 2.28. The fourth-order valence-corrected chi connectivity index (χ4v) is 1.83. The Bertz CT molecular complexity index is 418. The summed E-state index contributed by atoms with van der Waals surface area (Å²) in [5.74, 6) is 4.01. The van der Waals surface area contributed by atoms with Crippen molar-refractivity contribution in [3.63, 3.8) is 0 Å². The average molecular weight is 245 g/mol. The second-order valence-electron chi connectivity index (χ2n) is 4.96. The van der Waals surface area contributed by atoms with Crippen LogP contribution in [0.4, 0.5) is 0 Å². The number of benzene rings is 1. The molecule has 0 spiro atoms. The quantitative estimate of drug-likeness (QED) is 0.614. The van der Waals surface area contributed by atoms with E-state index in [1.165, 1.54) is 11.1 Å². The minimum absolute atomic E-state index is 0.109. The van der Waals surface area contributed by atoms with Gasteiger partial charge in [0.25, 0.3) is 0 Å². The zero-order valence-electron chi connectivity index (χ0n) is 11.8. The van der Waals surface area contributed by atoms with E-state index < -0.39 is 0 Å². The summed E-state index contributed by atoms with van der Waals surface area (Å²) >= 11 is 0. The van der Waals surface area contributed by atoms with E-state index in [1.54, 1.807) is 0 Å². The van der Waals surface area contributed by atoms with Crippen LogP contribution < -0.4 is 10.1 Å². The first-order chi connectivity index (χ1) is 8.54. The van der Waals surface area contributed by atoms with Crippen molar-refractivity contribution in [2.75, 3.05) is 13.1 Å². The molecule has 0 saturated heterocycles. The van der Waals surface area contributed by atoms with Crippen LogP contribution >= 0.6 is 0 Å².